The number of hydrogen-bond donors (Lipinski definition) is 1. The number of halogens is 1. The summed E-state index contributed by atoms with van der Waals surface area (Å²) in [6, 6.07) is 18.9. The molecule has 0 atom stereocenters. The van der Waals surface area contributed by atoms with Gasteiger partial charge in [-0.25, -0.2) is 8.42 Å². The number of hydrogen-bond acceptors (Lipinski definition) is 4. The third-order valence-electron chi connectivity index (χ3n) is 4.93. The molecule has 3 aromatic carbocycles. The van der Waals surface area contributed by atoms with Crippen LogP contribution >= 0.6 is 15.9 Å². The molecule has 0 unspecified atom stereocenters. The predicted octanol–water partition coefficient (Wildman–Crippen LogP) is 4.46. The van der Waals surface area contributed by atoms with E-state index in [2.05, 4.69) is 20.7 Å². The molecule has 1 N–H and O–H groups in total. The van der Waals surface area contributed by atoms with Crippen LogP contribution in [0.4, 0.5) is 11.4 Å². The highest BCUT2D eigenvalue weighted by atomic mass is 79.9. The minimum atomic E-state index is -3.97. The Hall–Kier alpha value is -2.84. The van der Waals surface area contributed by atoms with Gasteiger partial charge >= 0.3 is 0 Å². The van der Waals surface area contributed by atoms with E-state index in [1.54, 1.807) is 35.2 Å². The van der Waals surface area contributed by atoms with Gasteiger partial charge in [-0.3, -0.25) is 9.52 Å². The Morgan fingerprint density at radius 3 is 2.53 bits per heavy atom. The lowest BCUT2D eigenvalue weighted by atomic mass is 10.1. The summed E-state index contributed by atoms with van der Waals surface area (Å²) in [7, 11) is -2.58. The molecule has 0 saturated carbocycles. The lowest BCUT2D eigenvalue weighted by Gasteiger charge is -2.19. The van der Waals surface area contributed by atoms with E-state index in [0.29, 0.717) is 12.2 Å². The largest absolute Gasteiger partial charge is 0.495 e. The van der Waals surface area contributed by atoms with Gasteiger partial charge in [-0.05, 0) is 60.5 Å². The topological polar surface area (TPSA) is 75.7 Å². The third-order valence-corrected chi connectivity index (χ3v) is 6.86. The van der Waals surface area contributed by atoms with Crippen LogP contribution in [0.1, 0.15) is 15.9 Å². The fraction of sp³-hybridized carbons (Fsp3) is 0.136. The second-order valence-electron chi connectivity index (χ2n) is 6.81. The number of carbonyl (C=O) groups excluding carboxylic acids is 1. The summed E-state index contributed by atoms with van der Waals surface area (Å²) >= 11 is 3.32. The number of nitrogens with zero attached hydrogens (tertiary/aromatic N) is 1. The summed E-state index contributed by atoms with van der Waals surface area (Å²) in [5, 5.41) is 0. The molecule has 0 fully saturated rings. The van der Waals surface area contributed by atoms with Crippen LogP contribution < -0.4 is 14.4 Å². The maximum Gasteiger partial charge on any atom is 0.265 e. The van der Waals surface area contributed by atoms with Crippen LogP contribution in [0.3, 0.4) is 0 Å². The van der Waals surface area contributed by atoms with E-state index in [1.807, 2.05) is 24.3 Å². The Kier molecular flexibility index (Phi) is 5.53. The standard InChI is InChI=1S/C22H19BrN2O4S/c1-29-20-11-6-16(22(26)25-13-12-15-4-2-3-5-19(15)25)14-21(20)30(27,28)24-18-9-7-17(23)8-10-18/h2-11,14,24H,12-13H2,1H3. The fourth-order valence-corrected chi connectivity index (χ4v) is 4.97. The summed E-state index contributed by atoms with van der Waals surface area (Å²) in [5.74, 6) is -0.0827. The van der Waals surface area contributed by atoms with E-state index in [1.165, 1.54) is 19.2 Å². The minimum Gasteiger partial charge on any atom is -0.495 e. The smallest absolute Gasteiger partial charge is 0.265 e. The maximum absolute atomic E-state index is 13.1. The number of methoxy groups -OCH3 is 1. The van der Waals surface area contributed by atoms with E-state index in [-0.39, 0.29) is 22.1 Å². The van der Waals surface area contributed by atoms with Crippen molar-refractivity contribution in [3.05, 3.63) is 82.3 Å². The van der Waals surface area contributed by atoms with Gasteiger partial charge in [0, 0.05) is 28.0 Å². The number of ether oxygens (including phenoxy) is 1. The Balaban J connectivity index is 1.68. The normalized spacial score (nSPS) is 13.1. The molecule has 1 amide bonds. The summed E-state index contributed by atoms with van der Waals surface area (Å²) in [6.45, 7) is 0.559. The third kappa shape index (κ3) is 3.93. The zero-order valence-corrected chi connectivity index (χ0v) is 18.5. The Morgan fingerprint density at radius 1 is 1.07 bits per heavy atom. The lowest BCUT2D eigenvalue weighted by molar-refractivity contribution is 0.0989. The Bertz CT molecular complexity index is 1210. The molecule has 1 aliphatic heterocycles. The van der Waals surface area contributed by atoms with Crippen LogP contribution in [-0.2, 0) is 16.4 Å². The maximum atomic E-state index is 13.1. The molecule has 0 spiro atoms. The Labute approximate surface area is 183 Å². The van der Waals surface area contributed by atoms with Crippen LogP contribution in [0.15, 0.2) is 76.1 Å². The van der Waals surface area contributed by atoms with Crippen molar-refractivity contribution in [3.63, 3.8) is 0 Å². The van der Waals surface area contributed by atoms with Crippen LogP contribution in [0.25, 0.3) is 0 Å². The molecule has 30 heavy (non-hydrogen) atoms. The van der Waals surface area contributed by atoms with Crippen molar-refractivity contribution in [2.24, 2.45) is 0 Å². The lowest BCUT2D eigenvalue weighted by Crippen LogP contribution is -2.29. The van der Waals surface area contributed by atoms with E-state index in [4.69, 9.17) is 4.74 Å². The molecule has 8 heteroatoms. The van der Waals surface area contributed by atoms with E-state index in [0.717, 1.165) is 22.1 Å². The van der Waals surface area contributed by atoms with Crippen molar-refractivity contribution in [1.29, 1.82) is 0 Å². The molecule has 0 bridgehead atoms. The summed E-state index contributed by atoms with van der Waals surface area (Å²) in [4.78, 5) is 14.7. The number of nitrogens with one attached hydrogen (secondary N) is 1. The molecule has 0 saturated heterocycles. The summed E-state index contributed by atoms with van der Waals surface area (Å²) < 4.78 is 34.7. The van der Waals surface area contributed by atoms with Crippen molar-refractivity contribution in [2.45, 2.75) is 11.3 Å². The average Bonchev–Trinajstić information content (AvgIpc) is 3.18. The SMILES string of the molecule is COc1ccc(C(=O)N2CCc3ccccc32)cc1S(=O)(=O)Nc1ccc(Br)cc1. The van der Waals surface area contributed by atoms with Gasteiger partial charge in [0.15, 0.2) is 0 Å². The minimum absolute atomic E-state index is 0.0914. The van der Waals surface area contributed by atoms with Crippen molar-refractivity contribution in [3.8, 4) is 5.75 Å². The average molecular weight is 487 g/mol. The molecule has 3 aromatic rings. The molecular formula is C22H19BrN2O4S. The molecule has 0 aliphatic carbocycles. The first-order valence-corrected chi connectivity index (χ1v) is 11.5. The zero-order chi connectivity index (χ0) is 21.3. The number of anilines is 2. The number of benzene rings is 3. The Morgan fingerprint density at radius 2 is 1.80 bits per heavy atom. The van der Waals surface area contributed by atoms with Crippen LogP contribution in [0, 0.1) is 0 Å². The zero-order valence-electron chi connectivity index (χ0n) is 16.1. The van der Waals surface area contributed by atoms with Gasteiger partial charge in [0.05, 0.1) is 7.11 Å². The fourth-order valence-electron chi connectivity index (χ4n) is 3.45. The highest BCUT2D eigenvalue weighted by Crippen LogP contribution is 2.31. The highest BCUT2D eigenvalue weighted by Gasteiger charge is 2.28. The van der Waals surface area contributed by atoms with E-state index in [9.17, 15) is 13.2 Å². The van der Waals surface area contributed by atoms with Gasteiger partial charge in [-0.1, -0.05) is 34.1 Å². The molecule has 1 heterocycles. The van der Waals surface area contributed by atoms with Crippen LogP contribution in [-0.4, -0.2) is 28.0 Å². The monoisotopic (exact) mass is 486 g/mol. The number of fused-ring (bicyclic) bond motifs is 1. The number of sulfonamides is 1. The number of rotatable bonds is 5. The second-order valence-corrected chi connectivity index (χ2v) is 9.38. The van der Waals surface area contributed by atoms with Gasteiger partial charge in [-0.15, -0.1) is 0 Å². The van der Waals surface area contributed by atoms with Crippen LogP contribution in [0.2, 0.25) is 0 Å². The molecule has 4 rings (SSSR count). The number of carbonyl (C=O) groups is 1. The van der Waals surface area contributed by atoms with Crippen molar-refractivity contribution in [1.82, 2.24) is 0 Å². The van der Waals surface area contributed by atoms with Gasteiger partial charge < -0.3 is 9.64 Å². The number of para-hydroxylation sites is 1. The quantitative estimate of drug-likeness (QED) is 0.577. The van der Waals surface area contributed by atoms with Gasteiger partial charge in [0.25, 0.3) is 15.9 Å². The second kappa shape index (κ2) is 8.12. The van der Waals surface area contributed by atoms with Gasteiger partial charge in [0.2, 0.25) is 0 Å². The highest BCUT2D eigenvalue weighted by molar-refractivity contribution is 9.10. The first-order valence-electron chi connectivity index (χ1n) is 9.25. The molecular weight excluding hydrogens is 468 g/mol. The molecule has 1 aliphatic rings. The van der Waals surface area contributed by atoms with Gasteiger partial charge in [0.1, 0.15) is 10.6 Å². The van der Waals surface area contributed by atoms with Crippen molar-refractivity contribution >= 4 is 43.2 Å². The first kappa shape index (κ1) is 20.4. The molecule has 0 radical (unpaired) electrons. The summed E-state index contributed by atoms with van der Waals surface area (Å²) in [5.41, 5.74) is 2.65. The van der Waals surface area contributed by atoms with Crippen LogP contribution in [0.5, 0.6) is 5.75 Å². The molecule has 6 nitrogen and oxygen atoms in total. The van der Waals surface area contributed by atoms with Gasteiger partial charge in [-0.2, -0.15) is 0 Å². The first-order chi connectivity index (χ1) is 14.4. The van der Waals surface area contributed by atoms with E-state index < -0.39 is 10.0 Å². The van der Waals surface area contributed by atoms with Crippen molar-refractivity contribution < 1.29 is 17.9 Å². The predicted molar refractivity (Wildman–Crippen MR) is 120 cm³/mol. The summed E-state index contributed by atoms with van der Waals surface area (Å²) in [6.07, 6.45) is 0.772. The number of amides is 1. The molecule has 0 aromatic heterocycles. The van der Waals surface area contributed by atoms with Crippen molar-refractivity contribution in [2.75, 3.05) is 23.3 Å². The molecule has 154 valence electrons. The van der Waals surface area contributed by atoms with E-state index >= 15 is 0 Å².